The van der Waals surface area contributed by atoms with Crippen molar-refractivity contribution in [2.75, 3.05) is 14.2 Å². The van der Waals surface area contributed by atoms with Crippen LogP contribution in [0, 0.1) is 0 Å². The second-order valence-corrected chi connectivity index (χ2v) is 4.31. The Morgan fingerprint density at radius 1 is 1.22 bits per heavy atom. The molecule has 94 valence electrons. The summed E-state index contributed by atoms with van der Waals surface area (Å²) in [5, 5.41) is 3.99. The Hall–Kier alpha value is -1.58. The van der Waals surface area contributed by atoms with Crippen LogP contribution in [-0.4, -0.2) is 19.1 Å². The highest BCUT2D eigenvalue weighted by molar-refractivity contribution is 6.30. The largest absolute Gasteiger partial charge is 0.481 e. The molecular formula is C14H15ClN2O. The first-order valence-electron chi connectivity index (χ1n) is 5.68. The molecule has 0 aliphatic heterocycles. The van der Waals surface area contributed by atoms with Gasteiger partial charge in [0.25, 0.3) is 0 Å². The summed E-state index contributed by atoms with van der Waals surface area (Å²) in [7, 11) is 3.53. The predicted octanol–water partition coefficient (Wildman–Crippen LogP) is 3.05. The van der Waals surface area contributed by atoms with Gasteiger partial charge in [-0.3, -0.25) is 0 Å². The third-order valence-corrected chi connectivity index (χ3v) is 3.05. The molecule has 4 heteroatoms. The molecule has 18 heavy (non-hydrogen) atoms. The summed E-state index contributed by atoms with van der Waals surface area (Å²) >= 11 is 5.91. The number of hydrogen-bond acceptors (Lipinski definition) is 3. The lowest BCUT2D eigenvalue weighted by Gasteiger charge is -2.19. The summed E-state index contributed by atoms with van der Waals surface area (Å²) in [6.45, 7) is 0. The number of benzene rings is 1. The fraction of sp³-hybridized carbons (Fsp3) is 0.214. The van der Waals surface area contributed by atoms with Crippen LogP contribution in [0.25, 0.3) is 0 Å². The van der Waals surface area contributed by atoms with Gasteiger partial charge in [-0.25, -0.2) is 4.98 Å². The average molecular weight is 263 g/mol. The first-order valence-corrected chi connectivity index (χ1v) is 6.05. The maximum Gasteiger partial charge on any atom is 0.218 e. The Morgan fingerprint density at radius 3 is 2.56 bits per heavy atom. The quantitative estimate of drug-likeness (QED) is 0.920. The van der Waals surface area contributed by atoms with Crippen molar-refractivity contribution in [3.8, 4) is 5.88 Å². The van der Waals surface area contributed by atoms with Gasteiger partial charge in [0.1, 0.15) is 0 Å². The molecule has 0 saturated heterocycles. The van der Waals surface area contributed by atoms with E-state index in [4.69, 9.17) is 16.3 Å². The van der Waals surface area contributed by atoms with Crippen LogP contribution in [-0.2, 0) is 0 Å². The van der Waals surface area contributed by atoms with Gasteiger partial charge in [0.05, 0.1) is 13.2 Å². The summed E-state index contributed by atoms with van der Waals surface area (Å²) in [6, 6.07) is 11.7. The average Bonchev–Trinajstić information content (AvgIpc) is 2.42. The van der Waals surface area contributed by atoms with E-state index in [-0.39, 0.29) is 6.04 Å². The van der Waals surface area contributed by atoms with Crippen LogP contribution in [0.5, 0.6) is 5.88 Å². The zero-order valence-corrected chi connectivity index (χ0v) is 11.1. The number of nitrogens with one attached hydrogen (secondary N) is 1. The highest BCUT2D eigenvalue weighted by Gasteiger charge is 2.16. The highest BCUT2D eigenvalue weighted by atomic mass is 35.5. The SMILES string of the molecule is CNC(c1ccc(Cl)cc1)c1cccnc1OC. The second kappa shape index (κ2) is 5.85. The Labute approximate surface area is 112 Å². The fourth-order valence-electron chi connectivity index (χ4n) is 1.95. The van der Waals surface area contributed by atoms with Gasteiger partial charge in [-0.15, -0.1) is 0 Å². The summed E-state index contributed by atoms with van der Waals surface area (Å²) in [6.07, 6.45) is 1.72. The van der Waals surface area contributed by atoms with Crippen molar-refractivity contribution in [3.63, 3.8) is 0 Å². The van der Waals surface area contributed by atoms with Crippen LogP contribution >= 0.6 is 11.6 Å². The summed E-state index contributed by atoms with van der Waals surface area (Å²) in [5.41, 5.74) is 2.12. The van der Waals surface area contributed by atoms with Crippen molar-refractivity contribution in [1.29, 1.82) is 0 Å². The second-order valence-electron chi connectivity index (χ2n) is 3.88. The lowest BCUT2D eigenvalue weighted by atomic mass is 10.00. The zero-order valence-electron chi connectivity index (χ0n) is 10.4. The van der Waals surface area contributed by atoms with Crippen molar-refractivity contribution < 1.29 is 4.74 Å². The minimum Gasteiger partial charge on any atom is -0.481 e. The molecule has 2 rings (SSSR count). The van der Waals surface area contributed by atoms with E-state index in [0.717, 1.165) is 16.1 Å². The van der Waals surface area contributed by atoms with E-state index in [1.165, 1.54) is 0 Å². The van der Waals surface area contributed by atoms with E-state index in [2.05, 4.69) is 10.3 Å². The molecule has 0 saturated carbocycles. The number of nitrogens with zero attached hydrogens (tertiary/aromatic N) is 1. The Morgan fingerprint density at radius 2 is 1.94 bits per heavy atom. The molecule has 1 atom stereocenters. The van der Waals surface area contributed by atoms with E-state index in [0.29, 0.717) is 5.88 Å². The number of ether oxygens (including phenoxy) is 1. The lowest BCUT2D eigenvalue weighted by molar-refractivity contribution is 0.388. The Kier molecular flexibility index (Phi) is 4.18. The Bertz CT molecular complexity index is 513. The summed E-state index contributed by atoms with van der Waals surface area (Å²) < 4.78 is 5.30. The fourth-order valence-corrected chi connectivity index (χ4v) is 2.08. The number of pyridine rings is 1. The first-order chi connectivity index (χ1) is 8.76. The molecule has 1 unspecified atom stereocenters. The van der Waals surface area contributed by atoms with Gasteiger partial charge < -0.3 is 10.1 Å². The van der Waals surface area contributed by atoms with Crippen molar-refractivity contribution in [2.24, 2.45) is 0 Å². The van der Waals surface area contributed by atoms with Crippen LogP contribution in [0.4, 0.5) is 0 Å². The van der Waals surface area contributed by atoms with E-state index < -0.39 is 0 Å². The van der Waals surface area contributed by atoms with Gasteiger partial charge >= 0.3 is 0 Å². The predicted molar refractivity (Wildman–Crippen MR) is 73.1 cm³/mol. The number of methoxy groups -OCH3 is 1. The van der Waals surface area contributed by atoms with Gasteiger partial charge in [0.2, 0.25) is 5.88 Å². The van der Waals surface area contributed by atoms with Gasteiger partial charge in [0.15, 0.2) is 0 Å². The van der Waals surface area contributed by atoms with Crippen LogP contribution in [0.1, 0.15) is 17.2 Å². The van der Waals surface area contributed by atoms with Gasteiger partial charge in [-0.05, 0) is 30.8 Å². The molecule has 1 aromatic carbocycles. The van der Waals surface area contributed by atoms with Crippen molar-refractivity contribution in [3.05, 3.63) is 58.7 Å². The standard InChI is InChI=1S/C14H15ClN2O/c1-16-13(10-5-7-11(15)8-6-10)12-4-3-9-17-14(12)18-2/h3-9,13,16H,1-2H3. The van der Waals surface area contributed by atoms with Gasteiger partial charge in [-0.2, -0.15) is 0 Å². The third kappa shape index (κ3) is 2.63. The maximum atomic E-state index is 5.91. The van der Waals surface area contributed by atoms with E-state index >= 15 is 0 Å². The molecule has 0 bridgehead atoms. The normalized spacial score (nSPS) is 12.2. The molecule has 0 radical (unpaired) electrons. The molecule has 0 amide bonds. The van der Waals surface area contributed by atoms with Gasteiger partial charge in [-0.1, -0.05) is 29.8 Å². The molecular weight excluding hydrogens is 248 g/mol. The smallest absolute Gasteiger partial charge is 0.218 e. The summed E-state index contributed by atoms with van der Waals surface area (Å²) in [4.78, 5) is 4.22. The molecule has 0 spiro atoms. The molecule has 0 fully saturated rings. The highest BCUT2D eigenvalue weighted by Crippen LogP contribution is 2.28. The topological polar surface area (TPSA) is 34.2 Å². The van der Waals surface area contributed by atoms with E-state index in [1.807, 2.05) is 43.4 Å². The van der Waals surface area contributed by atoms with Crippen LogP contribution in [0.3, 0.4) is 0 Å². The van der Waals surface area contributed by atoms with Crippen molar-refractivity contribution >= 4 is 11.6 Å². The molecule has 0 aliphatic rings. The van der Waals surface area contributed by atoms with Crippen LogP contribution in [0.15, 0.2) is 42.6 Å². The van der Waals surface area contributed by atoms with Crippen molar-refractivity contribution in [2.45, 2.75) is 6.04 Å². The molecule has 1 N–H and O–H groups in total. The monoisotopic (exact) mass is 262 g/mol. The molecule has 3 nitrogen and oxygen atoms in total. The van der Waals surface area contributed by atoms with E-state index in [9.17, 15) is 0 Å². The maximum absolute atomic E-state index is 5.91. The minimum absolute atomic E-state index is 0.0333. The van der Waals surface area contributed by atoms with Crippen LogP contribution < -0.4 is 10.1 Å². The van der Waals surface area contributed by atoms with E-state index in [1.54, 1.807) is 13.3 Å². The third-order valence-electron chi connectivity index (χ3n) is 2.80. The summed E-state index contributed by atoms with van der Waals surface area (Å²) in [5.74, 6) is 0.631. The van der Waals surface area contributed by atoms with Crippen molar-refractivity contribution in [1.82, 2.24) is 10.3 Å². The lowest BCUT2D eigenvalue weighted by Crippen LogP contribution is -2.18. The minimum atomic E-state index is 0.0333. The Balaban J connectivity index is 2.41. The zero-order chi connectivity index (χ0) is 13.0. The molecule has 2 aromatic rings. The number of rotatable bonds is 4. The first kappa shape index (κ1) is 12.9. The van der Waals surface area contributed by atoms with Gasteiger partial charge in [0, 0.05) is 16.8 Å². The molecule has 0 aliphatic carbocycles. The molecule has 1 aromatic heterocycles. The number of aromatic nitrogens is 1. The van der Waals surface area contributed by atoms with Crippen LogP contribution in [0.2, 0.25) is 5.02 Å². The number of halogens is 1. The molecule has 1 heterocycles. The number of hydrogen-bond donors (Lipinski definition) is 1.